The third-order valence-electron chi connectivity index (χ3n) is 4.79. The Kier molecular flexibility index (Phi) is 4.54. The van der Waals surface area contributed by atoms with Crippen molar-refractivity contribution in [1.82, 2.24) is 14.5 Å². The molecule has 1 saturated heterocycles. The van der Waals surface area contributed by atoms with Gasteiger partial charge in [-0.05, 0) is 67.9 Å². The molecule has 0 bridgehead atoms. The van der Waals surface area contributed by atoms with E-state index in [1.54, 1.807) is 0 Å². The lowest BCUT2D eigenvalue weighted by Gasteiger charge is -2.14. The summed E-state index contributed by atoms with van der Waals surface area (Å²) in [6.45, 7) is 6.86. The number of imidazole rings is 1. The number of nitrogens with one attached hydrogen (secondary N) is 1. The molecule has 0 radical (unpaired) electrons. The number of benzene rings is 2. The largest absolute Gasteiger partial charge is 0.322 e. The minimum atomic E-state index is -0.218. The molecule has 0 saturated carbocycles. The first-order chi connectivity index (χ1) is 12.7. The third-order valence-corrected chi connectivity index (χ3v) is 4.79. The Morgan fingerprint density at radius 2 is 2.04 bits per heavy atom. The molecule has 1 N–H and O–H groups in total. The van der Waals surface area contributed by atoms with Gasteiger partial charge in [-0.25, -0.2) is 4.98 Å². The molecule has 1 amide bonds. The zero-order valence-corrected chi connectivity index (χ0v) is 14.7. The average molecular weight is 346 g/mol. The molecule has 5 nitrogen and oxygen atoms in total. The summed E-state index contributed by atoms with van der Waals surface area (Å²) < 4.78 is 2.04. The second kappa shape index (κ2) is 7.14. The van der Waals surface area contributed by atoms with Crippen molar-refractivity contribution in [2.75, 3.05) is 18.4 Å². The van der Waals surface area contributed by atoms with Crippen molar-refractivity contribution in [3.63, 3.8) is 0 Å². The van der Waals surface area contributed by atoms with Crippen molar-refractivity contribution in [3.8, 4) is 5.69 Å². The number of carbonyl (C=O) groups excluding carboxylic acids is 1. The highest BCUT2D eigenvalue weighted by molar-refractivity contribution is 5.99. The van der Waals surface area contributed by atoms with Gasteiger partial charge in [-0.3, -0.25) is 14.3 Å². The fourth-order valence-electron chi connectivity index (χ4n) is 3.49. The number of anilines is 1. The monoisotopic (exact) mass is 346 g/mol. The molecule has 1 aliphatic rings. The van der Waals surface area contributed by atoms with Crippen molar-refractivity contribution in [1.29, 1.82) is 0 Å². The molecule has 0 unspecified atom stereocenters. The van der Waals surface area contributed by atoms with Crippen molar-refractivity contribution in [2.24, 2.45) is 0 Å². The zero-order valence-electron chi connectivity index (χ0n) is 14.7. The Morgan fingerprint density at radius 1 is 1.19 bits per heavy atom. The van der Waals surface area contributed by atoms with Crippen molar-refractivity contribution < 1.29 is 4.79 Å². The maximum absolute atomic E-state index is 11.5. The lowest BCUT2D eigenvalue weighted by atomic mass is 10.2. The molecular formula is C21H22N4O. The normalized spacial score (nSPS) is 14.6. The smallest absolute Gasteiger partial charge is 0.247 e. The molecule has 132 valence electrons. The fourth-order valence-corrected chi connectivity index (χ4v) is 3.49. The van der Waals surface area contributed by atoms with E-state index in [9.17, 15) is 4.79 Å². The first-order valence-corrected chi connectivity index (χ1v) is 8.95. The fraction of sp³-hybridized carbons (Fsp3) is 0.238. The van der Waals surface area contributed by atoms with Crippen LogP contribution in [0.15, 0.2) is 61.4 Å². The molecule has 26 heavy (non-hydrogen) atoms. The summed E-state index contributed by atoms with van der Waals surface area (Å²) in [6.07, 6.45) is 5.70. The van der Waals surface area contributed by atoms with Crippen LogP contribution in [0.4, 0.5) is 5.69 Å². The summed E-state index contributed by atoms with van der Waals surface area (Å²) in [5.74, 6) is -0.218. The lowest BCUT2D eigenvalue weighted by molar-refractivity contribution is -0.111. The second-order valence-electron chi connectivity index (χ2n) is 6.66. The highest BCUT2D eigenvalue weighted by atomic mass is 16.1. The maximum atomic E-state index is 11.5. The molecular weight excluding hydrogens is 324 g/mol. The van der Waals surface area contributed by atoms with Gasteiger partial charge in [0.2, 0.25) is 5.91 Å². The molecule has 1 aromatic heterocycles. The van der Waals surface area contributed by atoms with Gasteiger partial charge in [0.1, 0.15) is 6.33 Å². The molecule has 0 spiro atoms. The van der Waals surface area contributed by atoms with Gasteiger partial charge in [-0.2, -0.15) is 0 Å². The zero-order chi connectivity index (χ0) is 17.9. The van der Waals surface area contributed by atoms with Gasteiger partial charge in [0.05, 0.1) is 11.0 Å². The molecule has 2 heterocycles. The first-order valence-electron chi connectivity index (χ1n) is 8.95. The van der Waals surface area contributed by atoms with Crippen molar-refractivity contribution in [2.45, 2.75) is 19.4 Å². The van der Waals surface area contributed by atoms with Gasteiger partial charge in [0.25, 0.3) is 0 Å². The Bertz CT molecular complexity index is 954. The Morgan fingerprint density at radius 3 is 2.85 bits per heavy atom. The van der Waals surface area contributed by atoms with Crippen LogP contribution in [0.3, 0.4) is 0 Å². The van der Waals surface area contributed by atoms with E-state index in [2.05, 4.69) is 40.0 Å². The third kappa shape index (κ3) is 3.39. The first kappa shape index (κ1) is 16.5. The van der Waals surface area contributed by atoms with Gasteiger partial charge < -0.3 is 5.32 Å². The van der Waals surface area contributed by atoms with Crippen LogP contribution < -0.4 is 5.32 Å². The molecule has 4 rings (SSSR count). The number of fused-ring (bicyclic) bond motifs is 1. The SMILES string of the molecule is C=CC(=O)Nc1cccc(-n2cnc3cc(CN4CCCC4)ccc32)c1. The highest BCUT2D eigenvalue weighted by Crippen LogP contribution is 2.23. The summed E-state index contributed by atoms with van der Waals surface area (Å²) in [5, 5.41) is 2.80. The number of likely N-dealkylation sites (tertiary alicyclic amines) is 1. The lowest BCUT2D eigenvalue weighted by Crippen LogP contribution is -2.18. The summed E-state index contributed by atoms with van der Waals surface area (Å²) in [5.41, 5.74) is 5.04. The Hall–Kier alpha value is -2.92. The van der Waals surface area contributed by atoms with Gasteiger partial charge in [-0.1, -0.05) is 18.7 Å². The van der Waals surface area contributed by atoms with Crippen LogP contribution in [0.25, 0.3) is 16.7 Å². The maximum Gasteiger partial charge on any atom is 0.247 e. The number of carbonyl (C=O) groups is 1. The van der Waals surface area contributed by atoms with Crippen LogP contribution in [-0.2, 0) is 11.3 Å². The predicted octanol–water partition coefficient (Wildman–Crippen LogP) is 3.75. The van der Waals surface area contributed by atoms with E-state index in [1.807, 2.05) is 35.2 Å². The number of hydrogen-bond donors (Lipinski definition) is 1. The number of aromatic nitrogens is 2. The highest BCUT2D eigenvalue weighted by Gasteiger charge is 2.13. The van der Waals surface area contributed by atoms with E-state index in [1.165, 1.54) is 37.6 Å². The van der Waals surface area contributed by atoms with Crippen LogP contribution in [0.2, 0.25) is 0 Å². The van der Waals surface area contributed by atoms with Crippen LogP contribution in [0.5, 0.6) is 0 Å². The summed E-state index contributed by atoms with van der Waals surface area (Å²) in [7, 11) is 0. The molecule has 2 aromatic carbocycles. The number of rotatable bonds is 5. The Balaban J connectivity index is 1.61. The van der Waals surface area contributed by atoms with Gasteiger partial charge in [-0.15, -0.1) is 0 Å². The second-order valence-corrected chi connectivity index (χ2v) is 6.66. The van der Waals surface area contributed by atoms with E-state index < -0.39 is 0 Å². The standard InChI is InChI=1S/C21H22N4O/c1-2-21(26)23-17-6-5-7-18(13-17)25-15-22-19-12-16(8-9-20(19)25)14-24-10-3-4-11-24/h2,5-9,12-13,15H,1,3-4,10-11,14H2,(H,23,26). The minimum absolute atomic E-state index is 0.218. The van der Waals surface area contributed by atoms with Crippen molar-refractivity contribution in [3.05, 3.63) is 67.0 Å². The van der Waals surface area contributed by atoms with E-state index in [-0.39, 0.29) is 5.91 Å². The Labute approximate surface area is 153 Å². The predicted molar refractivity (Wildman–Crippen MR) is 104 cm³/mol. The van der Waals surface area contributed by atoms with Crippen molar-refractivity contribution >= 4 is 22.6 Å². The molecule has 3 aromatic rings. The number of amides is 1. The molecule has 5 heteroatoms. The quantitative estimate of drug-likeness (QED) is 0.716. The molecule has 1 fully saturated rings. The van der Waals surface area contributed by atoms with E-state index in [4.69, 9.17) is 0 Å². The average Bonchev–Trinajstić information content (AvgIpc) is 3.31. The van der Waals surface area contributed by atoms with Crippen LogP contribution >= 0.6 is 0 Å². The van der Waals surface area contributed by atoms with Gasteiger partial charge in [0, 0.05) is 17.9 Å². The summed E-state index contributed by atoms with van der Waals surface area (Å²) >= 11 is 0. The van der Waals surface area contributed by atoms with Gasteiger partial charge >= 0.3 is 0 Å². The minimum Gasteiger partial charge on any atom is -0.322 e. The van der Waals surface area contributed by atoms with Gasteiger partial charge in [0.15, 0.2) is 0 Å². The topological polar surface area (TPSA) is 50.2 Å². The molecule has 1 aliphatic heterocycles. The van der Waals surface area contributed by atoms with E-state index in [0.717, 1.165) is 29.0 Å². The van der Waals surface area contributed by atoms with Crippen LogP contribution in [0, 0.1) is 0 Å². The molecule has 0 aliphatic carbocycles. The van der Waals surface area contributed by atoms with E-state index in [0.29, 0.717) is 0 Å². The van der Waals surface area contributed by atoms with E-state index >= 15 is 0 Å². The molecule has 0 atom stereocenters. The summed E-state index contributed by atoms with van der Waals surface area (Å²) in [4.78, 5) is 18.6. The van der Waals surface area contributed by atoms with Crippen LogP contribution in [0.1, 0.15) is 18.4 Å². The van der Waals surface area contributed by atoms with Crippen LogP contribution in [-0.4, -0.2) is 33.4 Å². The number of hydrogen-bond acceptors (Lipinski definition) is 3. The summed E-state index contributed by atoms with van der Waals surface area (Å²) in [6, 6.07) is 14.2. The number of nitrogens with zero attached hydrogens (tertiary/aromatic N) is 3.